The summed E-state index contributed by atoms with van der Waals surface area (Å²) in [5.74, 6) is 2.56. The van der Waals surface area contributed by atoms with Crippen LogP contribution in [0.25, 0.3) is 0 Å². The molecule has 246 valence electrons. The Kier molecular flexibility index (Phi) is 11.0. The van der Waals surface area contributed by atoms with Crippen molar-refractivity contribution in [3.05, 3.63) is 5.82 Å². The van der Waals surface area contributed by atoms with Gasteiger partial charge in [-0.15, -0.1) is 0 Å². The lowest BCUT2D eigenvalue weighted by Crippen LogP contribution is -2.62. The first kappa shape index (κ1) is 34.3. The highest BCUT2D eigenvalue weighted by molar-refractivity contribution is 5.41. The van der Waals surface area contributed by atoms with E-state index in [9.17, 15) is 0 Å². The molecular weight excluding hydrogens is 536 g/mol. The summed E-state index contributed by atoms with van der Waals surface area (Å²) < 4.78 is 5.61. The van der Waals surface area contributed by atoms with Gasteiger partial charge in [-0.25, -0.2) is 0 Å². The van der Waals surface area contributed by atoms with E-state index in [4.69, 9.17) is 19.7 Å². The second kappa shape index (κ2) is 13.8. The molecule has 4 rings (SSSR count). The third-order valence-electron chi connectivity index (χ3n) is 9.59. The number of ether oxygens (including phenoxy) is 1. The number of piperidine rings is 2. The van der Waals surface area contributed by atoms with Crippen molar-refractivity contribution in [2.24, 2.45) is 0 Å². The number of hydrogen-bond acceptors (Lipinski definition) is 9. The van der Waals surface area contributed by atoms with Gasteiger partial charge < -0.3 is 30.1 Å². The van der Waals surface area contributed by atoms with E-state index in [0.717, 1.165) is 76.3 Å². The molecule has 3 saturated heterocycles. The van der Waals surface area contributed by atoms with Crippen LogP contribution in [0.5, 0.6) is 0 Å². The lowest BCUT2D eigenvalue weighted by atomic mass is 9.79. The summed E-state index contributed by atoms with van der Waals surface area (Å²) in [4.78, 5) is 22.5. The zero-order chi connectivity index (χ0) is 31.5. The number of rotatable bonds is 12. The molecule has 0 unspecified atom stereocenters. The summed E-state index contributed by atoms with van der Waals surface area (Å²) in [6.45, 7) is 26.2. The summed E-state index contributed by atoms with van der Waals surface area (Å²) in [5.41, 5.74) is 0.494. The van der Waals surface area contributed by atoms with E-state index in [1.54, 1.807) is 0 Å². The first-order valence-corrected chi connectivity index (χ1v) is 17.2. The minimum Gasteiger partial charge on any atom is -0.378 e. The number of unbranched alkanes of at least 4 members (excludes halogenated alkanes) is 3. The number of nitrogens with one attached hydrogen (secondary N) is 2. The topological polar surface area (TPSA) is 81.7 Å². The van der Waals surface area contributed by atoms with Gasteiger partial charge in [0, 0.05) is 60.3 Å². The quantitative estimate of drug-likeness (QED) is 0.315. The number of aryl methyl sites for hydroxylation is 1. The van der Waals surface area contributed by atoms with Gasteiger partial charge in [-0.05, 0) is 108 Å². The predicted octanol–water partition coefficient (Wildman–Crippen LogP) is 5.19. The Morgan fingerprint density at radius 3 is 1.77 bits per heavy atom. The van der Waals surface area contributed by atoms with Gasteiger partial charge in [-0.1, -0.05) is 19.8 Å². The number of morpholine rings is 1. The maximum Gasteiger partial charge on any atom is 0.230 e. The molecule has 1 aromatic heterocycles. The van der Waals surface area contributed by atoms with Crippen LogP contribution in [0.4, 0.5) is 11.9 Å². The summed E-state index contributed by atoms with van der Waals surface area (Å²) in [6, 6.07) is 1.03. The van der Waals surface area contributed by atoms with Crippen LogP contribution in [0.15, 0.2) is 0 Å². The average molecular weight is 601 g/mol. The molecule has 0 spiro atoms. The van der Waals surface area contributed by atoms with Crippen LogP contribution in [0.2, 0.25) is 0 Å². The van der Waals surface area contributed by atoms with Crippen molar-refractivity contribution in [1.82, 2.24) is 30.5 Å². The normalized spacial score (nSPS) is 23.9. The van der Waals surface area contributed by atoms with E-state index in [-0.39, 0.29) is 22.2 Å². The van der Waals surface area contributed by atoms with Crippen LogP contribution in [0.1, 0.15) is 120 Å². The molecule has 0 radical (unpaired) electrons. The van der Waals surface area contributed by atoms with Gasteiger partial charge in [-0.3, -0.25) is 0 Å². The second-order valence-electron chi connectivity index (χ2n) is 16.3. The van der Waals surface area contributed by atoms with Crippen molar-refractivity contribution in [3.8, 4) is 0 Å². The van der Waals surface area contributed by atoms with Crippen molar-refractivity contribution < 1.29 is 4.74 Å². The molecule has 3 aliphatic heterocycles. The molecule has 3 fully saturated rings. The molecule has 2 N–H and O–H groups in total. The minimum atomic E-state index is 0.0562. The largest absolute Gasteiger partial charge is 0.378 e. The van der Waals surface area contributed by atoms with Gasteiger partial charge in [0.05, 0.1) is 13.2 Å². The van der Waals surface area contributed by atoms with Crippen molar-refractivity contribution in [2.45, 2.75) is 154 Å². The Hall–Kier alpha value is -1.55. The summed E-state index contributed by atoms with van der Waals surface area (Å²) in [5, 5.41) is 7.71. The molecule has 0 aliphatic carbocycles. The molecule has 9 heteroatoms. The maximum absolute atomic E-state index is 5.61. The van der Waals surface area contributed by atoms with Crippen LogP contribution in [0, 0.1) is 0 Å². The van der Waals surface area contributed by atoms with E-state index in [1.165, 1.54) is 38.6 Å². The van der Waals surface area contributed by atoms with Gasteiger partial charge in [0.2, 0.25) is 11.9 Å². The molecule has 0 saturated carbocycles. The molecule has 4 heterocycles. The van der Waals surface area contributed by atoms with Gasteiger partial charge in [0.15, 0.2) is 0 Å². The van der Waals surface area contributed by atoms with Crippen LogP contribution < -0.4 is 20.4 Å². The molecule has 0 amide bonds. The Labute approximate surface area is 263 Å². The average Bonchev–Trinajstić information content (AvgIpc) is 2.89. The lowest BCUT2D eigenvalue weighted by Gasteiger charge is -2.49. The fourth-order valence-electron chi connectivity index (χ4n) is 8.28. The van der Waals surface area contributed by atoms with Gasteiger partial charge in [0.1, 0.15) is 5.82 Å². The molecular formula is C34H64N8O. The van der Waals surface area contributed by atoms with E-state index in [0.29, 0.717) is 12.1 Å². The van der Waals surface area contributed by atoms with E-state index >= 15 is 0 Å². The Morgan fingerprint density at radius 1 is 0.721 bits per heavy atom. The van der Waals surface area contributed by atoms with E-state index in [2.05, 4.69) is 94.7 Å². The third-order valence-corrected chi connectivity index (χ3v) is 9.59. The predicted molar refractivity (Wildman–Crippen MR) is 179 cm³/mol. The summed E-state index contributed by atoms with van der Waals surface area (Å²) >= 11 is 0. The molecule has 1 aromatic rings. The highest BCUT2D eigenvalue weighted by atomic mass is 16.5. The number of hydrogen-bond donors (Lipinski definition) is 2. The number of aromatic nitrogens is 3. The number of nitrogens with zero attached hydrogens (tertiary/aromatic N) is 6. The molecule has 43 heavy (non-hydrogen) atoms. The Morgan fingerprint density at radius 2 is 1.23 bits per heavy atom. The van der Waals surface area contributed by atoms with Crippen molar-refractivity contribution in [2.75, 3.05) is 56.2 Å². The Bertz CT molecular complexity index is 1000. The highest BCUT2D eigenvalue weighted by Gasteiger charge is 2.41. The third kappa shape index (κ3) is 9.97. The summed E-state index contributed by atoms with van der Waals surface area (Å²) in [6.07, 6.45) is 10.3. The highest BCUT2D eigenvalue weighted by Crippen LogP contribution is 2.34. The first-order chi connectivity index (χ1) is 20.1. The van der Waals surface area contributed by atoms with Crippen LogP contribution in [-0.2, 0) is 11.2 Å². The molecule has 3 aliphatic rings. The smallest absolute Gasteiger partial charge is 0.230 e. The van der Waals surface area contributed by atoms with E-state index in [1.807, 2.05) is 0 Å². The van der Waals surface area contributed by atoms with Crippen molar-refractivity contribution >= 4 is 11.9 Å². The zero-order valence-electron chi connectivity index (χ0n) is 29.4. The Balaban J connectivity index is 1.41. The molecule has 0 bridgehead atoms. The fraction of sp³-hybridized carbons (Fsp3) is 0.912. The SMILES string of the molecule is CCc1nc(N2CCOCC2)nc(N(CCCCCCN(C)C2CC(C)(C)NC(C)(C)C2)C2CC(C)(C)NC(C)(C)C2)n1. The van der Waals surface area contributed by atoms with Crippen molar-refractivity contribution in [1.29, 1.82) is 0 Å². The molecule has 0 aromatic carbocycles. The standard InChI is InChI=1S/C34H64N8O/c1-11-28-35-29(41-18-20-43-21-19-41)37-30(36-28)42(27-24-33(6,7)39-34(8,9)25-27)17-15-13-12-14-16-40(10)26-22-31(2,3)38-32(4,5)23-26/h26-27,38-39H,11-25H2,1-10H3. The monoisotopic (exact) mass is 601 g/mol. The lowest BCUT2D eigenvalue weighted by molar-refractivity contribution is 0.0805. The number of anilines is 2. The van der Waals surface area contributed by atoms with Crippen LogP contribution >= 0.6 is 0 Å². The maximum atomic E-state index is 5.61. The fourth-order valence-corrected chi connectivity index (χ4v) is 8.28. The van der Waals surface area contributed by atoms with Gasteiger partial charge in [-0.2, -0.15) is 15.0 Å². The minimum absolute atomic E-state index is 0.0562. The van der Waals surface area contributed by atoms with E-state index < -0.39 is 0 Å². The van der Waals surface area contributed by atoms with Crippen LogP contribution in [-0.4, -0.2) is 101 Å². The zero-order valence-corrected chi connectivity index (χ0v) is 29.4. The molecule has 9 nitrogen and oxygen atoms in total. The van der Waals surface area contributed by atoms with Crippen molar-refractivity contribution in [3.63, 3.8) is 0 Å². The second-order valence-corrected chi connectivity index (χ2v) is 16.3. The van der Waals surface area contributed by atoms with Gasteiger partial charge >= 0.3 is 0 Å². The van der Waals surface area contributed by atoms with Crippen LogP contribution in [0.3, 0.4) is 0 Å². The first-order valence-electron chi connectivity index (χ1n) is 17.2. The molecule has 0 atom stereocenters. The summed E-state index contributed by atoms with van der Waals surface area (Å²) in [7, 11) is 2.34. The van der Waals surface area contributed by atoms with Gasteiger partial charge in [0.25, 0.3) is 0 Å².